The predicted molar refractivity (Wildman–Crippen MR) is 147 cm³/mol. The zero-order valence-corrected chi connectivity index (χ0v) is 23.3. The van der Waals surface area contributed by atoms with Crippen molar-refractivity contribution < 1.29 is 19.2 Å². The molecule has 2 aliphatic heterocycles. The van der Waals surface area contributed by atoms with Gasteiger partial charge in [0.1, 0.15) is 6.61 Å². The molecule has 3 aromatic rings. The molecule has 10 heteroatoms. The molecule has 0 bridgehead atoms. The third kappa shape index (κ3) is 4.41. The summed E-state index contributed by atoms with van der Waals surface area (Å²) in [5.74, 6) is -0.0230. The lowest BCUT2D eigenvalue weighted by Crippen LogP contribution is -2.54. The van der Waals surface area contributed by atoms with Gasteiger partial charge in [0.25, 0.3) is 11.9 Å². The Morgan fingerprint density at radius 2 is 1.81 bits per heavy atom. The van der Waals surface area contributed by atoms with E-state index in [4.69, 9.17) is 9.47 Å². The number of nitrogens with one attached hydrogen (secondary N) is 2. The molecular weight excluding hydrogens is 606 g/mol. The van der Waals surface area contributed by atoms with Crippen LogP contribution in [0.5, 0.6) is 11.5 Å². The van der Waals surface area contributed by atoms with Gasteiger partial charge in [-0.15, -0.1) is 0 Å². The van der Waals surface area contributed by atoms with Gasteiger partial charge in [0.05, 0.1) is 17.0 Å². The van der Waals surface area contributed by atoms with Crippen LogP contribution in [-0.2, 0) is 16.9 Å². The van der Waals surface area contributed by atoms with Crippen molar-refractivity contribution >= 4 is 43.5 Å². The third-order valence-corrected chi connectivity index (χ3v) is 8.09. The van der Waals surface area contributed by atoms with Gasteiger partial charge in [-0.05, 0) is 71.2 Å². The summed E-state index contributed by atoms with van der Waals surface area (Å²) in [6.07, 6.45) is 0. The topological polar surface area (TPSA) is 103 Å². The van der Waals surface area contributed by atoms with E-state index < -0.39 is 23.4 Å². The molecule has 1 amide bonds. The summed E-state index contributed by atoms with van der Waals surface area (Å²) in [6, 6.07) is 17.0. The number of amides is 1. The monoisotopic (exact) mass is 629 g/mol. The summed E-state index contributed by atoms with van der Waals surface area (Å²) < 4.78 is 13.6. The van der Waals surface area contributed by atoms with Gasteiger partial charge in [-0.3, -0.25) is 20.2 Å². The lowest BCUT2D eigenvalue weighted by atomic mass is 9.78. The van der Waals surface area contributed by atoms with Crippen molar-refractivity contribution in [2.75, 3.05) is 11.9 Å². The van der Waals surface area contributed by atoms with Gasteiger partial charge in [-0.2, -0.15) is 0 Å². The molecule has 8 nitrogen and oxygen atoms in total. The lowest BCUT2D eigenvalue weighted by Gasteiger charge is -2.26. The average Bonchev–Trinajstić information content (AvgIpc) is 3.33. The van der Waals surface area contributed by atoms with Crippen LogP contribution in [0.15, 0.2) is 69.6 Å². The molecule has 1 saturated heterocycles. The fraction of sp³-hybridized carbons (Fsp3) is 0.296. The SMILES string of the molecule is CCOc1cc([C@@H]2[C@H](C)N[C@]3(C(=O)Nc4ccccc43)[C@H]2[N+](=O)[O-])cc(Br)c1OCc1ccc(Br)cc1. The summed E-state index contributed by atoms with van der Waals surface area (Å²) in [5, 5.41) is 18.7. The van der Waals surface area contributed by atoms with E-state index in [0.29, 0.717) is 46.0 Å². The van der Waals surface area contributed by atoms with E-state index in [-0.39, 0.29) is 11.0 Å². The van der Waals surface area contributed by atoms with Crippen molar-refractivity contribution in [2.24, 2.45) is 0 Å². The van der Waals surface area contributed by atoms with Gasteiger partial charge in [0, 0.05) is 26.7 Å². The molecule has 3 aromatic carbocycles. The maximum absolute atomic E-state index is 13.3. The highest BCUT2D eigenvalue weighted by Crippen LogP contribution is 2.51. The van der Waals surface area contributed by atoms with Gasteiger partial charge in [0.15, 0.2) is 17.0 Å². The molecule has 0 unspecified atom stereocenters. The van der Waals surface area contributed by atoms with Crippen LogP contribution < -0.4 is 20.1 Å². The first-order valence-corrected chi connectivity index (χ1v) is 13.5. The Morgan fingerprint density at radius 1 is 1.08 bits per heavy atom. The third-order valence-electron chi connectivity index (χ3n) is 6.98. The summed E-state index contributed by atoms with van der Waals surface area (Å²) in [5.41, 5.74) is 1.37. The van der Waals surface area contributed by atoms with Crippen molar-refractivity contribution in [2.45, 2.75) is 44.0 Å². The van der Waals surface area contributed by atoms with Crippen LogP contribution in [-0.4, -0.2) is 29.5 Å². The van der Waals surface area contributed by atoms with Gasteiger partial charge in [-0.1, -0.05) is 46.3 Å². The average molecular weight is 631 g/mol. The normalized spacial score (nSPS) is 24.1. The first-order valence-electron chi connectivity index (χ1n) is 11.9. The second-order valence-corrected chi connectivity index (χ2v) is 10.9. The van der Waals surface area contributed by atoms with Gasteiger partial charge in [0.2, 0.25) is 0 Å². The van der Waals surface area contributed by atoms with Gasteiger partial charge >= 0.3 is 0 Å². The molecule has 2 N–H and O–H groups in total. The number of anilines is 1. The summed E-state index contributed by atoms with van der Waals surface area (Å²) in [6.45, 7) is 4.45. The molecule has 37 heavy (non-hydrogen) atoms. The van der Waals surface area contributed by atoms with Crippen molar-refractivity contribution in [3.8, 4) is 11.5 Å². The Kier molecular flexibility index (Phi) is 6.99. The standard InChI is InChI=1S/C27H25Br2N3O5/c1-3-36-22-13-17(12-20(29)24(22)37-14-16-8-10-18(28)11-9-16)23-15(2)31-27(25(23)32(34)35)19-6-4-5-7-21(19)30-26(27)33/h4-13,15,23,25,31H,3,14H2,1-2H3,(H,30,33)/t15-,23-,25-,27-/m0/s1. The molecule has 0 saturated carbocycles. The first-order chi connectivity index (χ1) is 17.8. The quantitative estimate of drug-likeness (QED) is 0.254. The molecule has 0 aliphatic carbocycles. The molecule has 1 fully saturated rings. The minimum Gasteiger partial charge on any atom is -0.490 e. The Hall–Kier alpha value is -2.95. The molecule has 0 radical (unpaired) electrons. The number of hydrogen-bond donors (Lipinski definition) is 2. The maximum atomic E-state index is 13.3. The number of fused-ring (bicyclic) bond motifs is 2. The number of nitrogens with zero attached hydrogens (tertiary/aromatic N) is 1. The number of para-hydroxylation sites is 1. The largest absolute Gasteiger partial charge is 0.490 e. The zero-order chi connectivity index (χ0) is 26.3. The Morgan fingerprint density at radius 3 is 2.51 bits per heavy atom. The second kappa shape index (κ2) is 10.1. The fourth-order valence-corrected chi connectivity index (χ4v) is 6.31. The fourth-order valence-electron chi connectivity index (χ4n) is 5.47. The van der Waals surface area contributed by atoms with E-state index in [1.807, 2.05) is 44.2 Å². The van der Waals surface area contributed by atoms with E-state index in [1.165, 1.54) is 0 Å². The summed E-state index contributed by atoms with van der Waals surface area (Å²) in [7, 11) is 0. The van der Waals surface area contributed by atoms with Crippen molar-refractivity contribution in [3.05, 3.63) is 96.4 Å². The van der Waals surface area contributed by atoms with Crippen molar-refractivity contribution in [3.63, 3.8) is 0 Å². The predicted octanol–water partition coefficient (Wildman–Crippen LogP) is 5.76. The van der Waals surface area contributed by atoms with E-state index in [0.717, 1.165) is 10.0 Å². The molecule has 192 valence electrons. The zero-order valence-electron chi connectivity index (χ0n) is 20.2. The van der Waals surface area contributed by atoms with Crippen molar-refractivity contribution in [1.82, 2.24) is 5.32 Å². The van der Waals surface area contributed by atoms with Gasteiger partial charge in [-0.25, -0.2) is 0 Å². The number of rotatable bonds is 7. The number of halogens is 2. The lowest BCUT2D eigenvalue weighted by molar-refractivity contribution is -0.532. The van der Waals surface area contributed by atoms with Crippen LogP contribution in [0.1, 0.15) is 36.5 Å². The number of carbonyl (C=O) groups is 1. The Labute approximate surface area is 231 Å². The molecule has 1 spiro atoms. The van der Waals surface area contributed by atoms with Gasteiger partial charge < -0.3 is 14.8 Å². The van der Waals surface area contributed by atoms with E-state index in [2.05, 4.69) is 42.5 Å². The van der Waals surface area contributed by atoms with E-state index >= 15 is 0 Å². The minimum absolute atomic E-state index is 0.324. The summed E-state index contributed by atoms with van der Waals surface area (Å²) in [4.78, 5) is 25.6. The van der Waals surface area contributed by atoms with Crippen LogP contribution in [0, 0.1) is 10.1 Å². The Bertz CT molecular complexity index is 1370. The maximum Gasteiger partial charge on any atom is 0.256 e. The number of benzene rings is 3. The highest BCUT2D eigenvalue weighted by Gasteiger charge is 2.67. The van der Waals surface area contributed by atoms with Crippen LogP contribution in [0.3, 0.4) is 0 Å². The Balaban J connectivity index is 1.54. The molecule has 2 aliphatic rings. The number of ether oxygens (including phenoxy) is 2. The summed E-state index contributed by atoms with van der Waals surface area (Å²) >= 11 is 7.04. The van der Waals surface area contributed by atoms with Crippen LogP contribution in [0.4, 0.5) is 5.69 Å². The second-order valence-electron chi connectivity index (χ2n) is 9.17. The number of nitro groups is 1. The number of carbonyl (C=O) groups excluding carboxylic acids is 1. The highest BCUT2D eigenvalue weighted by atomic mass is 79.9. The van der Waals surface area contributed by atoms with E-state index in [9.17, 15) is 14.9 Å². The van der Waals surface area contributed by atoms with Crippen LogP contribution in [0.25, 0.3) is 0 Å². The van der Waals surface area contributed by atoms with Crippen molar-refractivity contribution in [1.29, 1.82) is 0 Å². The first kappa shape index (κ1) is 25.7. The molecule has 2 heterocycles. The molecular formula is C27H25Br2N3O5. The molecule has 4 atom stereocenters. The van der Waals surface area contributed by atoms with Crippen LogP contribution >= 0.6 is 31.9 Å². The highest BCUT2D eigenvalue weighted by molar-refractivity contribution is 9.10. The minimum atomic E-state index is -1.47. The van der Waals surface area contributed by atoms with E-state index in [1.54, 1.807) is 30.3 Å². The number of hydrogen-bond acceptors (Lipinski definition) is 6. The molecule has 0 aromatic heterocycles. The van der Waals surface area contributed by atoms with Crippen LogP contribution in [0.2, 0.25) is 0 Å². The smallest absolute Gasteiger partial charge is 0.256 e. The molecule has 5 rings (SSSR count).